The molecule has 2 N–H and O–H groups in total. The van der Waals surface area contributed by atoms with Crippen molar-refractivity contribution in [1.82, 2.24) is 20.4 Å². The largest absolute Gasteiger partial charge is 0.355 e. The van der Waals surface area contributed by atoms with Crippen LogP contribution in [0, 0.1) is 0 Å². The summed E-state index contributed by atoms with van der Waals surface area (Å²) >= 11 is 7.57. The van der Waals surface area contributed by atoms with E-state index in [2.05, 4.69) is 26.5 Å². The topological polar surface area (TPSA) is 59.0 Å². The molecule has 5 nitrogen and oxygen atoms in total. The highest BCUT2D eigenvalue weighted by atomic mass is 35.5. The number of amides is 1. The van der Waals surface area contributed by atoms with Crippen LogP contribution in [0.3, 0.4) is 0 Å². The Balaban J connectivity index is 1.35. The summed E-state index contributed by atoms with van der Waals surface area (Å²) in [5.41, 5.74) is 2.22. The molecule has 2 heterocycles. The van der Waals surface area contributed by atoms with Crippen LogP contribution in [0.1, 0.15) is 24.2 Å². The van der Waals surface area contributed by atoms with Gasteiger partial charge in [-0.1, -0.05) is 11.6 Å². The van der Waals surface area contributed by atoms with E-state index in [1.54, 1.807) is 11.8 Å². The van der Waals surface area contributed by atoms with Crippen LogP contribution in [0.5, 0.6) is 0 Å². The summed E-state index contributed by atoms with van der Waals surface area (Å²) < 4.78 is 2.07. The van der Waals surface area contributed by atoms with Crippen molar-refractivity contribution in [3.8, 4) is 0 Å². The van der Waals surface area contributed by atoms with Crippen molar-refractivity contribution in [2.45, 2.75) is 37.2 Å². The first-order valence-electron chi connectivity index (χ1n) is 8.62. The number of fused-ring (bicyclic) bond motifs is 1. The molecule has 3 rings (SSSR count). The molecule has 0 unspecified atom stereocenters. The van der Waals surface area contributed by atoms with Crippen LogP contribution < -0.4 is 10.6 Å². The van der Waals surface area contributed by atoms with E-state index >= 15 is 0 Å². The van der Waals surface area contributed by atoms with Crippen molar-refractivity contribution in [1.29, 1.82) is 0 Å². The standard InChI is InChI=1S/C18H23ClN4OS/c19-14-2-5-17(6-3-14)25-11-9-21-18(24)7-4-15-12-16-13-20-8-1-10-23(16)22-15/h2-3,5-6,12,20H,1,4,7-11,13H2,(H,21,24). The van der Waals surface area contributed by atoms with Crippen LogP contribution in [-0.4, -0.2) is 34.5 Å². The third-order valence-corrected chi connectivity index (χ3v) is 5.32. The molecular formula is C18H23ClN4OS. The van der Waals surface area contributed by atoms with Crippen molar-refractivity contribution in [2.24, 2.45) is 0 Å². The van der Waals surface area contributed by atoms with Crippen molar-refractivity contribution in [3.05, 3.63) is 46.7 Å². The maximum absolute atomic E-state index is 12.0. The van der Waals surface area contributed by atoms with Crippen LogP contribution in [0.25, 0.3) is 0 Å². The van der Waals surface area contributed by atoms with E-state index in [1.165, 1.54) is 5.69 Å². The lowest BCUT2D eigenvalue weighted by Crippen LogP contribution is -2.25. The second-order valence-electron chi connectivity index (χ2n) is 6.03. The summed E-state index contributed by atoms with van der Waals surface area (Å²) in [6, 6.07) is 9.86. The Bertz CT molecular complexity index is 678. The van der Waals surface area contributed by atoms with Crippen molar-refractivity contribution in [3.63, 3.8) is 0 Å². The number of halogens is 1. The van der Waals surface area contributed by atoms with Crippen LogP contribution in [0.2, 0.25) is 5.02 Å². The van der Waals surface area contributed by atoms with Gasteiger partial charge in [-0.25, -0.2) is 0 Å². The van der Waals surface area contributed by atoms with Gasteiger partial charge in [0.15, 0.2) is 0 Å². The Labute approximate surface area is 157 Å². The summed E-state index contributed by atoms with van der Waals surface area (Å²) in [6.07, 6.45) is 2.27. The highest BCUT2D eigenvalue weighted by Gasteiger charge is 2.11. The molecule has 1 aromatic heterocycles. The van der Waals surface area contributed by atoms with Crippen LogP contribution in [0.4, 0.5) is 0 Å². The minimum atomic E-state index is 0.0815. The molecule has 0 bridgehead atoms. The van der Waals surface area contributed by atoms with Gasteiger partial charge in [-0.15, -0.1) is 11.8 Å². The van der Waals surface area contributed by atoms with Gasteiger partial charge in [0.2, 0.25) is 5.91 Å². The van der Waals surface area contributed by atoms with Gasteiger partial charge in [-0.2, -0.15) is 5.10 Å². The molecule has 1 aliphatic rings. The van der Waals surface area contributed by atoms with Crippen LogP contribution >= 0.6 is 23.4 Å². The Hall–Kier alpha value is -1.50. The fraction of sp³-hybridized carbons (Fsp3) is 0.444. The number of thioether (sulfide) groups is 1. The number of benzene rings is 1. The maximum atomic E-state index is 12.0. The second-order valence-corrected chi connectivity index (χ2v) is 7.64. The third-order valence-electron chi connectivity index (χ3n) is 4.06. The van der Waals surface area contributed by atoms with E-state index in [4.69, 9.17) is 11.6 Å². The fourth-order valence-corrected chi connectivity index (χ4v) is 3.66. The molecule has 0 atom stereocenters. The van der Waals surface area contributed by atoms with Gasteiger partial charge < -0.3 is 10.6 Å². The van der Waals surface area contributed by atoms with Gasteiger partial charge in [-0.3, -0.25) is 9.48 Å². The van der Waals surface area contributed by atoms with Crippen molar-refractivity contribution >= 4 is 29.3 Å². The number of carbonyl (C=O) groups excluding carboxylic acids is 1. The molecule has 25 heavy (non-hydrogen) atoms. The van der Waals surface area contributed by atoms with E-state index in [0.29, 0.717) is 19.4 Å². The monoisotopic (exact) mass is 378 g/mol. The number of hydrogen-bond acceptors (Lipinski definition) is 4. The van der Waals surface area contributed by atoms with E-state index < -0.39 is 0 Å². The third kappa shape index (κ3) is 5.76. The Morgan fingerprint density at radius 2 is 2.20 bits per heavy atom. The van der Waals surface area contributed by atoms with Gasteiger partial charge in [0.1, 0.15) is 0 Å². The quantitative estimate of drug-likeness (QED) is 0.574. The summed E-state index contributed by atoms with van der Waals surface area (Å²) in [5.74, 6) is 0.927. The SMILES string of the molecule is O=C(CCc1cc2n(n1)CCCNC2)NCCSc1ccc(Cl)cc1. The molecule has 2 aromatic rings. The average molecular weight is 379 g/mol. The van der Waals surface area contributed by atoms with Gasteiger partial charge in [0.05, 0.1) is 11.4 Å². The smallest absolute Gasteiger partial charge is 0.220 e. The predicted octanol–water partition coefficient (Wildman–Crippen LogP) is 2.87. The lowest BCUT2D eigenvalue weighted by molar-refractivity contribution is -0.120. The summed E-state index contributed by atoms with van der Waals surface area (Å²) in [5, 5.41) is 11.7. The zero-order valence-electron chi connectivity index (χ0n) is 14.1. The second kappa shape index (κ2) is 9.27. The Kier molecular flexibility index (Phi) is 6.78. The van der Waals surface area contributed by atoms with Gasteiger partial charge in [0.25, 0.3) is 0 Å². The minimum absolute atomic E-state index is 0.0815. The summed E-state index contributed by atoms with van der Waals surface area (Å²) in [4.78, 5) is 13.1. The number of hydrogen-bond donors (Lipinski definition) is 2. The van der Waals surface area contributed by atoms with E-state index in [-0.39, 0.29) is 5.91 Å². The van der Waals surface area contributed by atoms with Crippen LogP contribution in [-0.2, 0) is 24.3 Å². The molecule has 0 saturated carbocycles. The number of rotatable bonds is 7. The molecule has 0 fully saturated rings. The van der Waals surface area contributed by atoms with Gasteiger partial charge in [-0.05, 0) is 43.3 Å². The zero-order chi connectivity index (χ0) is 17.5. The molecule has 1 aliphatic heterocycles. The number of carbonyl (C=O) groups is 1. The number of aromatic nitrogens is 2. The van der Waals surface area contributed by atoms with Crippen molar-refractivity contribution in [2.75, 3.05) is 18.8 Å². The zero-order valence-corrected chi connectivity index (χ0v) is 15.7. The minimum Gasteiger partial charge on any atom is -0.355 e. The van der Waals surface area contributed by atoms with E-state index in [1.807, 2.05) is 24.3 Å². The molecule has 0 spiro atoms. The molecule has 134 valence electrons. The lowest BCUT2D eigenvalue weighted by atomic mass is 10.2. The molecule has 1 aromatic carbocycles. The molecule has 1 amide bonds. The van der Waals surface area contributed by atoms with Crippen molar-refractivity contribution < 1.29 is 4.79 Å². The normalized spacial score (nSPS) is 14.0. The number of nitrogens with zero attached hydrogens (tertiary/aromatic N) is 2. The fourth-order valence-electron chi connectivity index (χ4n) is 2.76. The van der Waals surface area contributed by atoms with E-state index in [9.17, 15) is 4.79 Å². The summed E-state index contributed by atoms with van der Waals surface area (Å²) in [6.45, 7) is 3.52. The molecule has 0 aliphatic carbocycles. The highest BCUT2D eigenvalue weighted by Crippen LogP contribution is 2.19. The average Bonchev–Trinajstić information content (AvgIpc) is 2.88. The highest BCUT2D eigenvalue weighted by molar-refractivity contribution is 7.99. The Morgan fingerprint density at radius 3 is 3.04 bits per heavy atom. The van der Waals surface area contributed by atoms with E-state index in [0.717, 1.165) is 47.4 Å². The van der Waals surface area contributed by atoms with Gasteiger partial charge in [0, 0.05) is 48.1 Å². The molecule has 0 saturated heterocycles. The first kappa shape index (κ1) is 18.3. The number of aryl methyl sites for hydroxylation is 2. The molecule has 7 heteroatoms. The Morgan fingerprint density at radius 1 is 1.36 bits per heavy atom. The lowest BCUT2D eigenvalue weighted by Gasteiger charge is -2.05. The molecule has 0 radical (unpaired) electrons. The molecular weight excluding hydrogens is 356 g/mol. The first-order chi connectivity index (χ1) is 12.2. The van der Waals surface area contributed by atoms with Crippen LogP contribution in [0.15, 0.2) is 35.2 Å². The summed E-state index contributed by atoms with van der Waals surface area (Å²) in [7, 11) is 0. The number of nitrogens with one attached hydrogen (secondary N) is 2. The van der Waals surface area contributed by atoms with Gasteiger partial charge >= 0.3 is 0 Å². The maximum Gasteiger partial charge on any atom is 0.220 e. The first-order valence-corrected chi connectivity index (χ1v) is 9.98. The predicted molar refractivity (Wildman–Crippen MR) is 102 cm³/mol.